The molecule has 5 rings (SSSR count). The van der Waals surface area contributed by atoms with Crippen LogP contribution in [0.3, 0.4) is 0 Å². The number of rotatable bonds is 7. The van der Waals surface area contributed by atoms with Crippen molar-refractivity contribution in [2.24, 2.45) is 35.5 Å². The van der Waals surface area contributed by atoms with Crippen LogP contribution in [-0.4, -0.2) is 141 Å². The number of carbonyl (C=O) groups excluding carboxylic acids is 5. The summed E-state index contributed by atoms with van der Waals surface area (Å²) >= 11 is 0. The fraction of sp³-hybridized carbons (Fsp3) is 0.731. The monoisotopic (exact) mass is 966 g/mol. The molecule has 2 bridgehead atoms. The molecule has 384 valence electrons. The number of piperidine rings is 1. The van der Waals surface area contributed by atoms with Crippen molar-refractivity contribution in [2.45, 2.75) is 180 Å². The second kappa shape index (κ2) is 25.7. The number of methoxy groups -OCH3 is 3. The van der Waals surface area contributed by atoms with Gasteiger partial charge in [0.05, 0.1) is 30.5 Å². The van der Waals surface area contributed by atoms with Gasteiger partial charge in [-0.15, -0.1) is 10.2 Å². The first-order valence-electron chi connectivity index (χ1n) is 25.0. The van der Waals surface area contributed by atoms with Gasteiger partial charge in [-0.1, -0.05) is 71.1 Å². The van der Waals surface area contributed by atoms with Gasteiger partial charge in [-0.2, -0.15) is 4.80 Å². The molecule has 1 aromatic heterocycles. The maximum Gasteiger partial charge on any atom is 0.329 e. The quantitative estimate of drug-likeness (QED) is 0.235. The van der Waals surface area contributed by atoms with Crippen LogP contribution in [0.1, 0.15) is 132 Å². The van der Waals surface area contributed by atoms with Crippen molar-refractivity contribution < 1.29 is 57.9 Å². The average Bonchev–Trinajstić information content (AvgIpc) is 3.88. The van der Waals surface area contributed by atoms with Crippen LogP contribution in [0.15, 0.2) is 53.9 Å². The van der Waals surface area contributed by atoms with E-state index in [0.717, 1.165) is 18.4 Å². The number of allylic oxidation sites excluding steroid dienone is 6. The lowest BCUT2D eigenvalue weighted by atomic mass is 9.78. The molecule has 1 saturated carbocycles. The molecule has 0 radical (unpaired) electrons. The van der Waals surface area contributed by atoms with Gasteiger partial charge in [0.2, 0.25) is 5.79 Å². The van der Waals surface area contributed by atoms with Gasteiger partial charge in [0.15, 0.2) is 17.9 Å². The second-order valence-electron chi connectivity index (χ2n) is 20.4. The highest BCUT2D eigenvalue weighted by molar-refractivity contribution is 6.39. The number of aliphatic hydroxyl groups is 2. The van der Waals surface area contributed by atoms with Gasteiger partial charge in [0.1, 0.15) is 18.2 Å². The number of fused-ring (bicyclic) bond motifs is 3. The summed E-state index contributed by atoms with van der Waals surface area (Å²) in [5.74, 6) is -7.91. The van der Waals surface area contributed by atoms with Crippen molar-refractivity contribution in [1.82, 2.24) is 25.1 Å². The molecular formula is C52H79N5O12. The number of cyclic esters (lactones) is 1. The summed E-state index contributed by atoms with van der Waals surface area (Å²) in [4.78, 5) is 73.9. The smallest absolute Gasteiger partial charge is 0.329 e. The highest BCUT2D eigenvalue weighted by atomic mass is 16.6. The van der Waals surface area contributed by atoms with Crippen LogP contribution < -0.4 is 0 Å². The number of aromatic nitrogens is 4. The molecule has 3 aliphatic heterocycles. The lowest BCUT2D eigenvalue weighted by Crippen LogP contribution is -2.61. The van der Waals surface area contributed by atoms with E-state index in [0.29, 0.717) is 56.9 Å². The minimum atomic E-state index is -2.43. The van der Waals surface area contributed by atoms with Gasteiger partial charge in [-0.25, -0.2) is 4.79 Å². The molecule has 0 spiro atoms. The third kappa shape index (κ3) is 14.2. The Morgan fingerprint density at radius 1 is 0.899 bits per heavy atom. The molecule has 1 amide bonds. The number of aliphatic hydroxyl groups excluding tert-OH is 1. The van der Waals surface area contributed by atoms with Crippen LogP contribution in [0.25, 0.3) is 0 Å². The summed E-state index contributed by atoms with van der Waals surface area (Å²) in [6, 6.07) is -1.25. The minimum Gasteiger partial charge on any atom is -0.460 e. The van der Waals surface area contributed by atoms with Crippen LogP contribution in [0, 0.1) is 35.5 Å². The SMILES string of the molecule is COC1C(=O)C(C)C[C@H](C)C=CC=CC=C(C)[C@@H](OC)C[C@@H]2CC[C@@H](C)[C@@](O)(O2)C(=O)C(=O)N2CCCC[C@H]2C(=O)O[C@H]([C@H](C)C[C@@H]2CC[C@H](n3ncnn3)[C@H](OC)C2)CC(=O)C(C)=CC(C)[C@H]1O. The number of amides is 1. The largest absolute Gasteiger partial charge is 0.460 e. The topological polar surface area (TPSA) is 219 Å². The summed E-state index contributed by atoms with van der Waals surface area (Å²) in [5.41, 5.74) is 1.20. The Balaban J connectivity index is 1.46. The van der Waals surface area contributed by atoms with E-state index >= 15 is 0 Å². The molecule has 1 aliphatic carbocycles. The average molecular weight is 966 g/mol. The zero-order chi connectivity index (χ0) is 50.6. The Morgan fingerprint density at radius 3 is 2.33 bits per heavy atom. The van der Waals surface area contributed by atoms with Crippen LogP contribution in [0.2, 0.25) is 0 Å². The predicted octanol–water partition coefficient (Wildman–Crippen LogP) is 6.05. The van der Waals surface area contributed by atoms with Crippen molar-refractivity contribution in [3.63, 3.8) is 0 Å². The highest BCUT2D eigenvalue weighted by Gasteiger charge is 2.53. The number of Topliss-reactive ketones (excluding diaryl/α,β-unsaturated/α-hetero) is 3. The fourth-order valence-corrected chi connectivity index (χ4v) is 10.7. The Labute approximate surface area is 408 Å². The van der Waals surface area contributed by atoms with Crippen LogP contribution in [0.4, 0.5) is 0 Å². The molecule has 2 saturated heterocycles. The molecule has 2 N–H and O–H groups in total. The second-order valence-corrected chi connectivity index (χ2v) is 20.4. The van der Waals surface area contributed by atoms with Gasteiger partial charge in [0.25, 0.3) is 11.7 Å². The van der Waals surface area contributed by atoms with Gasteiger partial charge >= 0.3 is 5.97 Å². The van der Waals surface area contributed by atoms with E-state index in [1.807, 2.05) is 58.1 Å². The van der Waals surface area contributed by atoms with Gasteiger partial charge < -0.3 is 38.8 Å². The molecule has 3 fully saturated rings. The number of ketones is 3. The van der Waals surface area contributed by atoms with Crippen molar-refractivity contribution in [3.05, 3.63) is 53.9 Å². The summed E-state index contributed by atoms with van der Waals surface area (Å²) in [6.07, 6.45) is 13.7. The first kappa shape index (κ1) is 55.7. The number of nitrogens with zero attached hydrogens (tertiary/aromatic N) is 5. The van der Waals surface area contributed by atoms with Crippen LogP contribution in [0.5, 0.6) is 0 Å². The lowest BCUT2D eigenvalue weighted by molar-refractivity contribution is -0.265. The maximum absolute atomic E-state index is 14.5. The third-order valence-electron chi connectivity index (χ3n) is 15.2. The van der Waals surface area contributed by atoms with E-state index in [9.17, 15) is 34.2 Å². The minimum absolute atomic E-state index is 0.0195. The first-order chi connectivity index (χ1) is 32.8. The zero-order valence-electron chi connectivity index (χ0n) is 42.5. The molecule has 1 aromatic rings. The Bertz CT molecular complexity index is 2020. The number of tetrazole rings is 1. The number of esters is 1. The number of ether oxygens (including phenoxy) is 5. The van der Waals surface area contributed by atoms with E-state index in [-0.39, 0.29) is 60.9 Å². The lowest BCUT2D eigenvalue weighted by Gasteiger charge is -2.42. The maximum atomic E-state index is 14.5. The van der Waals surface area contributed by atoms with E-state index in [1.165, 1.54) is 18.3 Å². The van der Waals surface area contributed by atoms with Gasteiger partial charge in [-0.05, 0) is 112 Å². The standard InChI is InChI=1S/C52H79N5O12/c1-31-16-12-11-13-17-32(2)43(65-8)28-39-21-19-37(7)52(64,69-39)49(61)50(62)56-23-15-14-18-41(56)51(63)68-44(34(4)26-38-20-22-40(45(27-38)66-9)57-54-30-53-55-57)29-42(58)33(3)25-36(6)47(60)48(67-10)46(59)35(5)24-31/h11-13,16-17,25,30-31,34-41,43-45,47-48,60,64H,14-15,18-24,26-29H2,1-10H3/t31-,34-,35?,36?,37-,38+,39+,40+,41+,43+,44+,45-,47-,48?,52-/m1/s1. The molecule has 17 heteroatoms. The Morgan fingerprint density at radius 2 is 1.65 bits per heavy atom. The molecule has 4 aliphatic rings. The summed E-state index contributed by atoms with van der Waals surface area (Å²) in [6.45, 7) is 12.8. The first-order valence-corrected chi connectivity index (χ1v) is 25.0. The van der Waals surface area contributed by atoms with E-state index in [4.69, 9.17) is 23.7 Å². The molecule has 3 unspecified atom stereocenters. The number of carbonyl (C=O) groups is 5. The number of hydrogen-bond acceptors (Lipinski definition) is 15. The fourth-order valence-electron chi connectivity index (χ4n) is 10.7. The van der Waals surface area contributed by atoms with Crippen LogP contribution >= 0.6 is 0 Å². The molecule has 69 heavy (non-hydrogen) atoms. The predicted molar refractivity (Wildman–Crippen MR) is 256 cm³/mol. The van der Waals surface area contributed by atoms with Crippen LogP contribution in [-0.2, 0) is 47.7 Å². The zero-order valence-corrected chi connectivity index (χ0v) is 42.5. The molecule has 15 atom stereocenters. The molecule has 4 heterocycles. The Kier molecular flexibility index (Phi) is 20.8. The van der Waals surface area contributed by atoms with Crippen molar-refractivity contribution in [1.29, 1.82) is 0 Å². The highest BCUT2D eigenvalue weighted by Crippen LogP contribution is 2.39. The number of hydrogen-bond donors (Lipinski definition) is 2. The van der Waals surface area contributed by atoms with E-state index < -0.39 is 77.8 Å². The van der Waals surface area contributed by atoms with E-state index in [1.54, 1.807) is 45.9 Å². The van der Waals surface area contributed by atoms with E-state index in [2.05, 4.69) is 15.4 Å². The summed E-state index contributed by atoms with van der Waals surface area (Å²) in [5, 5.41) is 35.7. The van der Waals surface area contributed by atoms with Crippen molar-refractivity contribution in [2.75, 3.05) is 27.9 Å². The van der Waals surface area contributed by atoms with Crippen molar-refractivity contribution in [3.8, 4) is 0 Å². The molecular weight excluding hydrogens is 887 g/mol. The molecule has 0 aromatic carbocycles. The van der Waals surface area contributed by atoms with Gasteiger partial charge in [-0.3, -0.25) is 19.2 Å². The van der Waals surface area contributed by atoms with Gasteiger partial charge in [0, 0.05) is 58.5 Å². The summed E-state index contributed by atoms with van der Waals surface area (Å²) < 4.78 is 29.9. The summed E-state index contributed by atoms with van der Waals surface area (Å²) in [7, 11) is 4.62. The van der Waals surface area contributed by atoms with Crippen molar-refractivity contribution >= 4 is 29.2 Å². The Hall–Kier alpha value is -4.26. The normalized spacial score (nSPS) is 36.3. The molecule has 17 nitrogen and oxygen atoms in total. The third-order valence-corrected chi connectivity index (χ3v) is 15.2.